The van der Waals surface area contributed by atoms with Gasteiger partial charge in [-0.3, -0.25) is 4.98 Å². The molecule has 2 N–H and O–H groups in total. The number of nitrogens with zero attached hydrogens (tertiary/aromatic N) is 2. The SMILES string of the molecule is O=C(O)C(F)(F)F.c1cncc(C2=NO[C@H]3CNC[C@@H]23)c1. The molecule has 21 heavy (non-hydrogen) atoms. The van der Waals surface area contributed by atoms with E-state index in [1.54, 1.807) is 6.20 Å². The van der Waals surface area contributed by atoms with Gasteiger partial charge in [-0.25, -0.2) is 4.79 Å². The van der Waals surface area contributed by atoms with E-state index >= 15 is 0 Å². The Balaban J connectivity index is 0.000000199. The summed E-state index contributed by atoms with van der Waals surface area (Å²) in [6, 6.07) is 3.95. The summed E-state index contributed by atoms with van der Waals surface area (Å²) in [7, 11) is 0. The number of nitrogens with one attached hydrogen (secondary N) is 1. The average Bonchev–Trinajstić information content (AvgIpc) is 3.01. The van der Waals surface area contributed by atoms with Crippen molar-refractivity contribution >= 4 is 11.7 Å². The van der Waals surface area contributed by atoms with Crippen LogP contribution in [0.5, 0.6) is 0 Å². The number of hydrogen-bond donors (Lipinski definition) is 2. The zero-order valence-corrected chi connectivity index (χ0v) is 10.7. The van der Waals surface area contributed by atoms with E-state index in [-0.39, 0.29) is 6.10 Å². The number of aromatic nitrogens is 1. The van der Waals surface area contributed by atoms with Crippen molar-refractivity contribution in [3.8, 4) is 0 Å². The molecule has 3 rings (SSSR count). The number of aliphatic carboxylic acids is 1. The van der Waals surface area contributed by atoms with Crippen LogP contribution in [-0.2, 0) is 9.63 Å². The molecular formula is C12H12F3N3O3. The standard InChI is InChI=1S/C10H11N3O.C2HF3O2/c1-2-7(4-11-3-1)10-8-5-12-6-9(8)14-13-10;3-2(4,5)1(6)7/h1-4,8-9,12H,5-6H2;(H,6,7)/t8-,9+;/m1./s1. The molecule has 0 spiro atoms. The number of carboxylic acid groups (broad SMARTS) is 1. The molecule has 0 saturated carbocycles. The number of oxime groups is 1. The van der Waals surface area contributed by atoms with Crippen LogP contribution in [0.1, 0.15) is 5.56 Å². The highest BCUT2D eigenvalue weighted by Gasteiger charge is 2.39. The van der Waals surface area contributed by atoms with Crippen molar-refractivity contribution in [2.45, 2.75) is 12.3 Å². The lowest BCUT2D eigenvalue weighted by atomic mass is 9.96. The first kappa shape index (κ1) is 15.2. The molecule has 0 radical (unpaired) electrons. The quantitative estimate of drug-likeness (QED) is 0.810. The van der Waals surface area contributed by atoms with Gasteiger partial charge in [0.1, 0.15) is 6.10 Å². The summed E-state index contributed by atoms with van der Waals surface area (Å²) in [5.74, 6) is -2.35. The third-order valence-electron chi connectivity index (χ3n) is 3.00. The highest BCUT2D eigenvalue weighted by molar-refractivity contribution is 6.03. The smallest absolute Gasteiger partial charge is 0.475 e. The molecule has 0 aliphatic carbocycles. The van der Waals surface area contributed by atoms with Crippen molar-refractivity contribution in [3.63, 3.8) is 0 Å². The van der Waals surface area contributed by atoms with Gasteiger partial charge in [-0.05, 0) is 12.1 Å². The minimum Gasteiger partial charge on any atom is -0.475 e. The van der Waals surface area contributed by atoms with Gasteiger partial charge in [0.15, 0.2) is 0 Å². The van der Waals surface area contributed by atoms with Crippen LogP contribution in [0.15, 0.2) is 29.7 Å². The lowest BCUT2D eigenvalue weighted by molar-refractivity contribution is -0.192. The van der Waals surface area contributed by atoms with Crippen molar-refractivity contribution in [2.75, 3.05) is 13.1 Å². The van der Waals surface area contributed by atoms with Crippen molar-refractivity contribution < 1.29 is 27.9 Å². The summed E-state index contributed by atoms with van der Waals surface area (Å²) in [6.07, 6.45) is -1.25. The Morgan fingerprint density at radius 3 is 2.71 bits per heavy atom. The van der Waals surface area contributed by atoms with E-state index in [0.717, 1.165) is 24.4 Å². The normalized spacial score (nSPS) is 23.5. The second-order valence-electron chi connectivity index (χ2n) is 4.43. The van der Waals surface area contributed by atoms with Gasteiger partial charge in [-0.1, -0.05) is 5.16 Å². The molecule has 3 heterocycles. The monoisotopic (exact) mass is 303 g/mol. The molecular weight excluding hydrogens is 291 g/mol. The van der Waals surface area contributed by atoms with Gasteiger partial charge >= 0.3 is 12.1 Å². The molecule has 6 nitrogen and oxygen atoms in total. The summed E-state index contributed by atoms with van der Waals surface area (Å²) in [5, 5.41) is 14.5. The van der Waals surface area contributed by atoms with Crippen LogP contribution in [0.4, 0.5) is 13.2 Å². The molecule has 0 bridgehead atoms. The van der Waals surface area contributed by atoms with Gasteiger partial charge in [-0.2, -0.15) is 13.2 Å². The van der Waals surface area contributed by atoms with Gasteiger partial charge < -0.3 is 15.3 Å². The van der Waals surface area contributed by atoms with E-state index in [1.807, 2.05) is 18.3 Å². The molecule has 1 aromatic heterocycles. The summed E-state index contributed by atoms with van der Waals surface area (Å²) >= 11 is 0. The van der Waals surface area contributed by atoms with Gasteiger partial charge in [-0.15, -0.1) is 0 Å². The zero-order valence-electron chi connectivity index (χ0n) is 10.7. The fraction of sp³-hybridized carbons (Fsp3) is 0.417. The molecule has 0 amide bonds. The molecule has 2 atom stereocenters. The fourth-order valence-electron chi connectivity index (χ4n) is 2.01. The van der Waals surface area contributed by atoms with Crippen LogP contribution in [0.25, 0.3) is 0 Å². The molecule has 1 fully saturated rings. The average molecular weight is 303 g/mol. The van der Waals surface area contributed by atoms with Crippen molar-refractivity contribution in [1.29, 1.82) is 0 Å². The third kappa shape index (κ3) is 3.69. The molecule has 2 aliphatic rings. The van der Waals surface area contributed by atoms with E-state index < -0.39 is 12.1 Å². The summed E-state index contributed by atoms with van der Waals surface area (Å²) in [6.45, 7) is 1.86. The Morgan fingerprint density at radius 1 is 1.43 bits per heavy atom. The van der Waals surface area contributed by atoms with Crippen LogP contribution in [0.2, 0.25) is 0 Å². The largest absolute Gasteiger partial charge is 0.490 e. The molecule has 114 valence electrons. The molecule has 1 aromatic rings. The second-order valence-corrected chi connectivity index (χ2v) is 4.43. The fourth-order valence-corrected chi connectivity index (χ4v) is 2.01. The van der Waals surface area contributed by atoms with E-state index in [2.05, 4.69) is 15.5 Å². The highest BCUT2D eigenvalue weighted by Crippen LogP contribution is 2.25. The van der Waals surface area contributed by atoms with E-state index in [1.165, 1.54) is 0 Å². The number of halogens is 3. The van der Waals surface area contributed by atoms with E-state index in [4.69, 9.17) is 14.7 Å². The zero-order chi connectivity index (χ0) is 15.5. The number of alkyl halides is 3. The predicted octanol–water partition coefficient (Wildman–Crippen LogP) is 1.04. The number of pyridine rings is 1. The Bertz CT molecular complexity index is 534. The summed E-state index contributed by atoms with van der Waals surface area (Å²) in [4.78, 5) is 18.3. The molecule has 0 unspecified atom stereocenters. The minimum absolute atomic E-state index is 0.227. The van der Waals surface area contributed by atoms with Crippen molar-refractivity contribution in [2.24, 2.45) is 11.1 Å². The van der Waals surface area contributed by atoms with Crippen LogP contribution in [-0.4, -0.2) is 47.1 Å². The van der Waals surface area contributed by atoms with Gasteiger partial charge in [0, 0.05) is 31.0 Å². The first-order chi connectivity index (χ1) is 9.89. The van der Waals surface area contributed by atoms with Gasteiger partial charge in [0.05, 0.1) is 11.6 Å². The van der Waals surface area contributed by atoms with Crippen molar-refractivity contribution in [1.82, 2.24) is 10.3 Å². The Morgan fingerprint density at radius 2 is 2.14 bits per heavy atom. The van der Waals surface area contributed by atoms with Crippen LogP contribution in [0, 0.1) is 5.92 Å². The maximum Gasteiger partial charge on any atom is 0.490 e. The van der Waals surface area contributed by atoms with Gasteiger partial charge in [0.25, 0.3) is 0 Å². The molecule has 2 aliphatic heterocycles. The summed E-state index contributed by atoms with van der Waals surface area (Å²) < 4.78 is 31.7. The lowest BCUT2D eigenvalue weighted by Crippen LogP contribution is -2.21. The predicted molar refractivity (Wildman–Crippen MR) is 65.7 cm³/mol. The van der Waals surface area contributed by atoms with Crippen molar-refractivity contribution in [3.05, 3.63) is 30.1 Å². The van der Waals surface area contributed by atoms with Gasteiger partial charge in [0.2, 0.25) is 0 Å². The van der Waals surface area contributed by atoms with Crippen LogP contribution < -0.4 is 5.32 Å². The lowest BCUT2D eigenvalue weighted by Gasteiger charge is -2.06. The van der Waals surface area contributed by atoms with E-state index in [9.17, 15) is 13.2 Å². The molecule has 9 heteroatoms. The number of rotatable bonds is 1. The number of carbonyl (C=O) groups is 1. The molecule has 0 aromatic carbocycles. The minimum atomic E-state index is -5.08. The second kappa shape index (κ2) is 6.08. The highest BCUT2D eigenvalue weighted by atomic mass is 19.4. The Hall–Kier alpha value is -2.16. The van der Waals surface area contributed by atoms with Crippen LogP contribution >= 0.6 is 0 Å². The summed E-state index contributed by atoms with van der Waals surface area (Å²) in [5.41, 5.74) is 2.11. The maximum atomic E-state index is 10.6. The number of hydrogen-bond acceptors (Lipinski definition) is 5. The topological polar surface area (TPSA) is 83.8 Å². The van der Waals surface area contributed by atoms with E-state index in [0.29, 0.717) is 5.92 Å². The Kier molecular flexibility index (Phi) is 4.41. The molecule has 1 saturated heterocycles. The number of fused-ring (bicyclic) bond motifs is 1. The number of carboxylic acids is 1. The van der Waals surface area contributed by atoms with Crippen LogP contribution in [0.3, 0.4) is 0 Å². The Labute approximate surface area is 117 Å². The maximum absolute atomic E-state index is 10.6. The first-order valence-corrected chi connectivity index (χ1v) is 6.04. The first-order valence-electron chi connectivity index (χ1n) is 6.04. The third-order valence-corrected chi connectivity index (χ3v) is 3.00.